The van der Waals surface area contributed by atoms with Crippen LogP contribution in [0.3, 0.4) is 0 Å². The number of halogens is 2. The van der Waals surface area contributed by atoms with Gasteiger partial charge in [0.2, 0.25) is 5.89 Å². The van der Waals surface area contributed by atoms with Crippen molar-refractivity contribution in [2.24, 2.45) is 4.99 Å². The number of thiophene rings is 1. The third kappa shape index (κ3) is 6.72. The zero-order chi connectivity index (χ0) is 16.9. The van der Waals surface area contributed by atoms with Gasteiger partial charge in [0.15, 0.2) is 5.96 Å². The highest BCUT2D eigenvalue weighted by Crippen LogP contribution is 2.23. The second-order valence-electron chi connectivity index (χ2n) is 6.12. The van der Waals surface area contributed by atoms with Gasteiger partial charge in [-0.05, 0) is 35.0 Å². The Labute approximate surface area is 172 Å². The maximum Gasteiger partial charge on any atom is 0.216 e. The molecule has 0 aliphatic carbocycles. The standard InChI is InChI=1S/C16H23BrN4OS.HI/c1-5-18-15(20-8-11-6-7-13(17)23-11)21-10-14-19-9-12(22-14)16(2,3)4;/h6-7,9H,5,8,10H2,1-4H3,(H2,18,20,21);1H. The molecule has 2 heterocycles. The first-order valence-corrected chi connectivity index (χ1v) is 9.21. The third-order valence-electron chi connectivity index (χ3n) is 3.07. The maximum atomic E-state index is 5.76. The molecule has 134 valence electrons. The monoisotopic (exact) mass is 526 g/mol. The molecular formula is C16H24BrIN4OS. The van der Waals surface area contributed by atoms with Crippen LogP contribution in [0.15, 0.2) is 31.5 Å². The van der Waals surface area contributed by atoms with Crippen molar-refractivity contribution in [3.8, 4) is 0 Å². The average Bonchev–Trinajstić information content (AvgIpc) is 3.10. The molecule has 2 N–H and O–H groups in total. The van der Waals surface area contributed by atoms with E-state index in [1.807, 2.05) is 13.0 Å². The summed E-state index contributed by atoms with van der Waals surface area (Å²) in [6, 6.07) is 4.14. The molecule has 0 spiro atoms. The van der Waals surface area contributed by atoms with Crippen molar-refractivity contribution in [1.82, 2.24) is 15.6 Å². The van der Waals surface area contributed by atoms with E-state index in [-0.39, 0.29) is 29.4 Å². The van der Waals surface area contributed by atoms with Crippen LogP contribution in [-0.4, -0.2) is 17.5 Å². The van der Waals surface area contributed by atoms with Crippen molar-refractivity contribution < 1.29 is 4.42 Å². The number of aromatic nitrogens is 1. The molecule has 0 aromatic carbocycles. The molecule has 5 nitrogen and oxygen atoms in total. The third-order valence-corrected chi connectivity index (χ3v) is 4.69. The fraction of sp³-hybridized carbons (Fsp3) is 0.500. The van der Waals surface area contributed by atoms with E-state index in [9.17, 15) is 0 Å². The van der Waals surface area contributed by atoms with Crippen molar-refractivity contribution in [2.45, 2.75) is 46.2 Å². The van der Waals surface area contributed by atoms with E-state index in [0.717, 1.165) is 28.6 Å². The van der Waals surface area contributed by atoms with E-state index in [1.54, 1.807) is 17.5 Å². The molecule has 8 heteroatoms. The first-order valence-electron chi connectivity index (χ1n) is 7.60. The van der Waals surface area contributed by atoms with E-state index in [4.69, 9.17) is 4.42 Å². The first kappa shape index (κ1) is 21.4. The molecule has 0 bridgehead atoms. The number of nitrogens with zero attached hydrogens (tertiary/aromatic N) is 2. The average molecular weight is 527 g/mol. The van der Waals surface area contributed by atoms with Gasteiger partial charge in [0.25, 0.3) is 0 Å². The Morgan fingerprint density at radius 2 is 2.08 bits per heavy atom. The van der Waals surface area contributed by atoms with Crippen LogP contribution in [0.1, 0.15) is 44.2 Å². The van der Waals surface area contributed by atoms with Crippen molar-refractivity contribution in [1.29, 1.82) is 0 Å². The normalized spacial score (nSPS) is 12.0. The summed E-state index contributed by atoms with van der Waals surface area (Å²) in [7, 11) is 0. The van der Waals surface area contributed by atoms with Gasteiger partial charge in [0, 0.05) is 16.8 Å². The minimum Gasteiger partial charge on any atom is -0.443 e. The number of hydrogen-bond acceptors (Lipinski definition) is 4. The van der Waals surface area contributed by atoms with Gasteiger partial charge in [-0.25, -0.2) is 9.98 Å². The zero-order valence-electron chi connectivity index (χ0n) is 14.4. The molecular weight excluding hydrogens is 503 g/mol. The molecule has 24 heavy (non-hydrogen) atoms. The lowest BCUT2D eigenvalue weighted by atomic mass is 9.94. The molecule has 0 saturated heterocycles. The van der Waals surface area contributed by atoms with Crippen molar-refractivity contribution >= 4 is 57.2 Å². The lowest BCUT2D eigenvalue weighted by molar-refractivity contribution is 0.383. The van der Waals surface area contributed by atoms with Crippen LogP contribution in [0.5, 0.6) is 0 Å². The van der Waals surface area contributed by atoms with Crippen molar-refractivity contribution in [3.63, 3.8) is 0 Å². The molecule has 2 aromatic heterocycles. The van der Waals surface area contributed by atoms with Crippen LogP contribution in [0.2, 0.25) is 0 Å². The summed E-state index contributed by atoms with van der Waals surface area (Å²) in [6.07, 6.45) is 1.79. The van der Waals surface area contributed by atoms with Gasteiger partial charge in [-0.15, -0.1) is 35.3 Å². The van der Waals surface area contributed by atoms with Crippen molar-refractivity contribution in [3.05, 3.63) is 38.6 Å². The molecule has 0 atom stereocenters. The lowest BCUT2D eigenvalue weighted by Crippen LogP contribution is -2.36. The Balaban J connectivity index is 0.00000288. The number of rotatable bonds is 5. The largest absolute Gasteiger partial charge is 0.443 e. The minimum absolute atomic E-state index is 0. The minimum atomic E-state index is -0.0374. The number of nitrogens with one attached hydrogen (secondary N) is 2. The second-order valence-corrected chi connectivity index (χ2v) is 8.67. The zero-order valence-corrected chi connectivity index (χ0v) is 19.1. The van der Waals surface area contributed by atoms with Gasteiger partial charge in [0.05, 0.1) is 16.5 Å². The SMILES string of the molecule is CCNC(=NCc1ncc(C(C)(C)C)o1)NCc1ccc(Br)s1.I. The molecule has 0 unspecified atom stereocenters. The Bertz CT molecular complexity index is 663. The van der Waals surface area contributed by atoms with Crippen LogP contribution >= 0.6 is 51.2 Å². The highest BCUT2D eigenvalue weighted by Gasteiger charge is 2.18. The van der Waals surface area contributed by atoms with E-state index in [2.05, 4.69) is 63.4 Å². The summed E-state index contributed by atoms with van der Waals surface area (Å²) in [4.78, 5) is 10.1. The van der Waals surface area contributed by atoms with Crippen LogP contribution < -0.4 is 10.6 Å². The Morgan fingerprint density at radius 3 is 2.62 bits per heavy atom. The van der Waals surface area contributed by atoms with Gasteiger partial charge in [0.1, 0.15) is 12.3 Å². The number of aliphatic imine (C=N–C) groups is 1. The predicted molar refractivity (Wildman–Crippen MR) is 114 cm³/mol. The Kier molecular flexibility index (Phi) is 8.72. The Hall–Kier alpha value is -0.610. The van der Waals surface area contributed by atoms with Crippen molar-refractivity contribution in [2.75, 3.05) is 6.54 Å². The molecule has 0 saturated carbocycles. The molecule has 2 rings (SSSR count). The number of oxazole rings is 1. The highest BCUT2D eigenvalue weighted by molar-refractivity contribution is 14.0. The molecule has 0 radical (unpaired) electrons. The Morgan fingerprint density at radius 1 is 1.33 bits per heavy atom. The van der Waals surface area contributed by atoms with E-state index < -0.39 is 0 Å². The van der Waals surface area contributed by atoms with E-state index in [0.29, 0.717) is 12.4 Å². The molecule has 0 amide bonds. The van der Waals surface area contributed by atoms with Gasteiger partial charge in [-0.2, -0.15) is 0 Å². The van der Waals surface area contributed by atoms with Gasteiger partial charge < -0.3 is 15.1 Å². The first-order chi connectivity index (χ1) is 10.9. The van der Waals surface area contributed by atoms with E-state index in [1.165, 1.54) is 4.88 Å². The molecule has 0 aliphatic heterocycles. The van der Waals surface area contributed by atoms with Gasteiger partial charge >= 0.3 is 0 Å². The fourth-order valence-corrected chi connectivity index (χ4v) is 3.26. The highest BCUT2D eigenvalue weighted by atomic mass is 127. The van der Waals surface area contributed by atoms with Gasteiger partial charge in [-0.1, -0.05) is 20.8 Å². The number of hydrogen-bond donors (Lipinski definition) is 2. The summed E-state index contributed by atoms with van der Waals surface area (Å²) in [6.45, 7) is 10.3. The summed E-state index contributed by atoms with van der Waals surface area (Å²) in [5, 5.41) is 6.55. The van der Waals surface area contributed by atoms with Gasteiger partial charge in [-0.3, -0.25) is 0 Å². The molecule has 0 aliphatic rings. The van der Waals surface area contributed by atoms with Crippen LogP contribution in [0, 0.1) is 0 Å². The predicted octanol–water partition coefficient (Wildman–Crippen LogP) is 4.67. The summed E-state index contributed by atoms with van der Waals surface area (Å²) >= 11 is 5.18. The maximum absolute atomic E-state index is 5.76. The van der Waals surface area contributed by atoms with E-state index >= 15 is 0 Å². The molecule has 2 aromatic rings. The number of guanidine groups is 1. The quantitative estimate of drug-likeness (QED) is 0.337. The van der Waals surface area contributed by atoms with Crippen LogP contribution in [0.4, 0.5) is 0 Å². The van der Waals surface area contributed by atoms with Crippen LogP contribution in [0.25, 0.3) is 0 Å². The smallest absolute Gasteiger partial charge is 0.216 e. The summed E-state index contributed by atoms with van der Waals surface area (Å²) < 4.78 is 6.90. The fourth-order valence-electron chi connectivity index (χ4n) is 1.84. The summed E-state index contributed by atoms with van der Waals surface area (Å²) in [5.41, 5.74) is -0.0374. The topological polar surface area (TPSA) is 62.5 Å². The second kappa shape index (κ2) is 9.76. The van der Waals surface area contributed by atoms with Crippen LogP contribution in [-0.2, 0) is 18.5 Å². The lowest BCUT2D eigenvalue weighted by Gasteiger charge is -2.13. The molecule has 0 fully saturated rings. The summed E-state index contributed by atoms with van der Waals surface area (Å²) in [5.74, 6) is 2.27.